The predicted octanol–water partition coefficient (Wildman–Crippen LogP) is 7.02. The molecule has 3 aromatic rings. The van der Waals surface area contributed by atoms with Gasteiger partial charge in [-0.05, 0) is 111 Å². The van der Waals surface area contributed by atoms with Gasteiger partial charge < -0.3 is 4.57 Å². The van der Waals surface area contributed by atoms with Crippen LogP contribution in [0.4, 0.5) is 0 Å². The molecule has 4 bridgehead atoms. The van der Waals surface area contributed by atoms with Crippen LogP contribution in [0.15, 0.2) is 60.2 Å². The lowest BCUT2D eigenvalue weighted by atomic mass is 9.48. The second-order valence-electron chi connectivity index (χ2n) is 11.7. The number of aromatic nitrogens is 1. The highest BCUT2D eigenvalue weighted by atomic mass is 16.2. The Hall–Kier alpha value is -3.20. The summed E-state index contributed by atoms with van der Waals surface area (Å²) in [6.45, 7) is 4.17. The molecule has 176 valence electrons. The fraction of sp³-hybridized carbons (Fsp3) is 0.375. The summed E-state index contributed by atoms with van der Waals surface area (Å²) < 4.78 is 2.24. The number of Topliss-reactive ketones (excluding diaryl/α,β-unsaturated/α-hetero) is 2. The molecule has 1 aromatic heterocycles. The summed E-state index contributed by atoms with van der Waals surface area (Å²) in [5.74, 6) is 2.48. The zero-order valence-electron chi connectivity index (χ0n) is 20.5. The number of benzene rings is 2. The van der Waals surface area contributed by atoms with Crippen molar-refractivity contribution in [1.82, 2.24) is 4.57 Å². The van der Waals surface area contributed by atoms with Crippen molar-refractivity contribution in [2.24, 2.45) is 17.8 Å². The molecule has 1 heterocycles. The lowest BCUT2D eigenvalue weighted by Crippen LogP contribution is -2.48. The molecule has 4 saturated carbocycles. The van der Waals surface area contributed by atoms with Gasteiger partial charge in [-0.2, -0.15) is 0 Å². The largest absolute Gasteiger partial charge is 0.318 e. The van der Waals surface area contributed by atoms with E-state index in [-0.39, 0.29) is 17.1 Å². The number of aryl methyl sites for hydroxylation is 1. The van der Waals surface area contributed by atoms with Gasteiger partial charge in [0, 0.05) is 28.2 Å². The van der Waals surface area contributed by atoms with E-state index in [1.165, 1.54) is 44.1 Å². The first-order valence-corrected chi connectivity index (χ1v) is 13.1. The van der Waals surface area contributed by atoms with Crippen molar-refractivity contribution in [1.29, 1.82) is 0 Å². The molecule has 0 amide bonds. The summed E-state index contributed by atoms with van der Waals surface area (Å²) in [4.78, 5) is 25.8. The monoisotopic (exact) mass is 461 g/mol. The fourth-order valence-electron chi connectivity index (χ4n) is 8.32. The maximum atomic E-state index is 12.9. The van der Waals surface area contributed by atoms with Gasteiger partial charge in [-0.15, -0.1) is 0 Å². The third-order valence-corrected chi connectivity index (χ3v) is 9.45. The number of allylic oxidation sites excluding steroid dienone is 1. The van der Waals surface area contributed by atoms with Crippen molar-refractivity contribution in [3.63, 3.8) is 0 Å². The van der Waals surface area contributed by atoms with Gasteiger partial charge in [-0.25, -0.2) is 0 Å². The van der Waals surface area contributed by atoms with E-state index in [4.69, 9.17) is 0 Å². The standard InChI is InChI=1S/C32H31NO2/c1-19-11-24(15-29-30(34)27-5-3-4-6-28(27)31(29)35)20(2)33(19)26-9-7-25(8-10-26)32-16-21-12-22(17-32)14-23(13-21)18-32/h3-11,15,21-23H,12-14,16-18H2,1-2H3. The second kappa shape index (κ2) is 7.40. The molecule has 2 aromatic carbocycles. The molecule has 5 aliphatic carbocycles. The topological polar surface area (TPSA) is 39.1 Å². The van der Waals surface area contributed by atoms with Gasteiger partial charge in [-0.1, -0.05) is 36.4 Å². The maximum Gasteiger partial charge on any atom is 0.197 e. The summed E-state index contributed by atoms with van der Waals surface area (Å²) in [6, 6.07) is 18.5. The summed E-state index contributed by atoms with van der Waals surface area (Å²) in [7, 11) is 0. The zero-order chi connectivity index (χ0) is 23.9. The molecule has 3 heteroatoms. The van der Waals surface area contributed by atoms with Crippen LogP contribution in [-0.2, 0) is 5.41 Å². The van der Waals surface area contributed by atoms with E-state index in [0.29, 0.717) is 16.5 Å². The molecule has 5 aliphatic rings. The van der Waals surface area contributed by atoms with Crippen LogP contribution in [0.3, 0.4) is 0 Å². The first-order valence-electron chi connectivity index (χ1n) is 13.1. The van der Waals surface area contributed by atoms with Crippen LogP contribution in [0.2, 0.25) is 0 Å². The lowest BCUT2D eigenvalue weighted by molar-refractivity contribution is -0.00518. The van der Waals surface area contributed by atoms with Gasteiger partial charge in [0.15, 0.2) is 11.6 Å². The molecule has 0 aliphatic heterocycles. The summed E-state index contributed by atoms with van der Waals surface area (Å²) in [5, 5.41) is 0. The zero-order valence-corrected chi connectivity index (χ0v) is 20.5. The van der Waals surface area contributed by atoms with Gasteiger partial charge in [0.2, 0.25) is 0 Å². The highest BCUT2D eigenvalue weighted by Gasteiger charge is 2.51. The van der Waals surface area contributed by atoms with Gasteiger partial charge in [0.1, 0.15) is 0 Å². The molecule has 0 radical (unpaired) electrons. The van der Waals surface area contributed by atoms with Gasteiger partial charge in [0.25, 0.3) is 0 Å². The number of carbonyl (C=O) groups is 2. The van der Waals surface area contributed by atoms with Crippen molar-refractivity contribution in [2.75, 3.05) is 0 Å². The number of ketones is 2. The molecule has 0 atom stereocenters. The predicted molar refractivity (Wildman–Crippen MR) is 138 cm³/mol. The van der Waals surface area contributed by atoms with Crippen LogP contribution in [0.1, 0.15) is 81.8 Å². The number of fused-ring (bicyclic) bond motifs is 1. The molecular weight excluding hydrogens is 430 g/mol. The molecule has 0 spiro atoms. The molecule has 0 unspecified atom stereocenters. The van der Waals surface area contributed by atoms with E-state index in [9.17, 15) is 9.59 Å². The van der Waals surface area contributed by atoms with Gasteiger partial charge in [0.05, 0.1) is 5.57 Å². The van der Waals surface area contributed by atoms with Crippen LogP contribution < -0.4 is 0 Å². The Balaban J connectivity index is 1.21. The van der Waals surface area contributed by atoms with Crippen molar-refractivity contribution in [2.45, 2.75) is 57.8 Å². The molecule has 0 saturated heterocycles. The Kier molecular flexibility index (Phi) is 4.46. The van der Waals surface area contributed by atoms with Gasteiger partial charge >= 0.3 is 0 Å². The quantitative estimate of drug-likeness (QED) is 0.310. The minimum absolute atomic E-state index is 0.171. The van der Waals surface area contributed by atoms with E-state index in [0.717, 1.165) is 40.4 Å². The fourth-order valence-corrected chi connectivity index (χ4v) is 8.32. The maximum absolute atomic E-state index is 12.9. The lowest BCUT2D eigenvalue weighted by Gasteiger charge is -2.57. The Morgan fingerprint density at radius 2 is 1.34 bits per heavy atom. The van der Waals surface area contributed by atoms with Crippen molar-refractivity contribution in [3.8, 4) is 5.69 Å². The molecule has 4 fully saturated rings. The third kappa shape index (κ3) is 3.10. The number of hydrogen-bond donors (Lipinski definition) is 0. The van der Waals surface area contributed by atoms with E-state index in [2.05, 4.69) is 48.7 Å². The Morgan fingerprint density at radius 3 is 1.89 bits per heavy atom. The summed E-state index contributed by atoms with van der Waals surface area (Å²) in [6.07, 6.45) is 10.3. The van der Waals surface area contributed by atoms with Crippen LogP contribution in [0.25, 0.3) is 11.8 Å². The van der Waals surface area contributed by atoms with Crippen LogP contribution >= 0.6 is 0 Å². The van der Waals surface area contributed by atoms with E-state index in [1.807, 2.05) is 12.1 Å². The van der Waals surface area contributed by atoms with E-state index in [1.54, 1.807) is 18.2 Å². The average molecular weight is 462 g/mol. The van der Waals surface area contributed by atoms with E-state index >= 15 is 0 Å². The van der Waals surface area contributed by atoms with Crippen LogP contribution in [0, 0.1) is 31.6 Å². The molecule has 3 nitrogen and oxygen atoms in total. The number of hydrogen-bond acceptors (Lipinski definition) is 2. The van der Waals surface area contributed by atoms with E-state index < -0.39 is 0 Å². The van der Waals surface area contributed by atoms with Crippen LogP contribution in [-0.4, -0.2) is 16.1 Å². The minimum Gasteiger partial charge on any atom is -0.318 e. The SMILES string of the molecule is Cc1cc(C=C2C(=O)c3ccccc3C2=O)c(C)n1-c1ccc(C23CC4CC(CC(C4)C2)C3)cc1. The van der Waals surface area contributed by atoms with Crippen molar-refractivity contribution >= 4 is 17.6 Å². The molecule has 8 rings (SSSR count). The van der Waals surface area contributed by atoms with Crippen molar-refractivity contribution in [3.05, 3.63) is 93.8 Å². The first-order chi connectivity index (χ1) is 16.9. The first kappa shape index (κ1) is 21.1. The molecule has 35 heavy (non-hydrogen) atoms. The molecular formula is C32H31NO2. The number of carbonyl (C=O) groups excluding carboxylic acids is 2. The number of rotatable bonds is 3. The average Bonchev–Trinajstić information content (AvgIpc) is 3.26. The Morgan fingerprint density at radius 1 is 0.800 bits per heavy atom. The number of nitrogens with zero attached hydrogens (tertiary/aromatic N) is 1. The second-order valence-corrected chi connectivity index (χ2v) is 11.7. The smallest absolute Gasteiger partial charge is 0.197 e. The normalized spacial score (nSPS) is 28.6. The van der Waals surface area contributed by atoms with Crippen LogP contribution in [0.5, 0.6) is 0 Å². The molecule has 0 N–H and O–H groups in total. The van der Waals surface area contributed by atoms with Gasteiger partial charge in [-0.3, -0.25) is 9.59 Å². The summed E-state index contributed by atoms with van der Waals surface area (Å²) >= 11 is 0. The van der Waals surface area contributed by atoms with Crippen molar-refractivity contribution < 1.29 is 9.59 Å². The third-order valence-electron chi connectivity index (χ3n) is 9.45. The highest BCUT2D eigenvalue weighted by molar-refractivity contribution is 6.41. The highest BCUT2D eigenvalue weighted by Crippen LogP contribution is 2.60. The summed E-state index contributed by atoms with van der Waals surface area (Å²) in [5.41, 5.74) is 7.45. The minimum atomic E-state index is -0.171. The Labute approximate surface area is 206 Å². The Bertz CT molecular complexity index is 1350.